The monoisotopic (exact) mass is 271 g/mol. The van der Waals surface area contributed by atoms with Gasteiger partial charge in [-0.05, 0) is 6.92 Å². The van der Waals surface area contributed by atoms with Crippen LogP contribution < -0.4 is 0 Å². The van der Waals surface area contributed by atoms with E-state index in [2.05, 4.69) is 23.4 Å². The lowest BCUT2D eigenvalue weighted by Gasteiger charge is -2.19. The summed E-state index contributed by atoms with van der Waals surface area (Å²) in [5, 5.41) is 15.5. The second-order valence-electron chi connectivity index (χ2n) is 3.68. The number of hydrogen-bond acceptors (Lipinski definition) is 4. The Bertz CT molecular complexity index is 524. The van der Waals surface area contributed by atoms with Crippen LogP contribution >= 0.6 is 0 Å². The highest BCUT2D eigenvalue weighted by Gasteiger charge is 2.29. The van der Waals surface area contributed by atoms with Crippen molar-refractivity contribution in [2.24, 2.45) is 0 Å². The van der Waals surface area contributed by atoms with Crippen LogP contribution in [0.1, 0.15) is 11.4 Å². The third-order valence-electron chi connectivity index (χ3n) is 2.37. The molecule has 7 heteroatoms. The van der Waals surface area contributed by atoms with Crippen molar-refractivity contribution in [3.05, 3.63) is 36.7 Å². The number of aromatic amines is 1. The van der Waals surface area contributed by atoms with E-state index >= 15 is 0 Å². The van der Waals surface area contributed by atoms with Gasteiger partial charge in [0.2, 0.25) is 10.0 Å². The number of aliphatic hydroxyl groups excluding tert-OH is 1. The summed E-state index contributed by atoms with van der Waals surface area (Å²) >= 11 is 0. The smallest absolute Gasteiger partial charge is 0.247 e. The summed E-state index contributed by atoms with van der Waals surface area (Å²) in [5.41, 5.74) is 0.516. The van der Waals surface area contributed by atoms with Crippen molar-refractivity contribution in [1.29, 1.82) is 0 Å². The second kappa shape index (κ2) is 5.94. The average molecular weight is 271 g/mol. The van der Waals surface area contributed by atoms with Crippen LogP contribution in [0.5, 0.6) is 0 Å². The Morgan fingerprint density at radius 3 is 2.39 bits per heavy atom. The molecule has 0 bridgehead atoms. The Hall–Kier alpha value is -1.44. The van der Waals surface area contributed by atoms with Gasteiger partial charge in [-0.25, -0.2) is 8.42 Å². The van der Waals surface area contributed by atoms with Gasteiger partial charge in [0.05, 0.1) is 12.3 Å². The Morgan fingerprint density at radius 1 is 1.39 bits per heavy atom. The molecule has 0 amide bonds. The summed E-state index contributed by atoms with van der Waals surface area (Å²) in [6, 6.07) is 0. The van der Waals surface area contributed by atoms with Gasteiger partial charge in [0.1, 0.15) is 10.6 Å². The SMILES string of the molecule is C=CCN(CC=C)S(=O)(=O)c1c(CO)n[nH]c1C. The van der Waals surface area contributed by atoms with Crippen molar-refractivity contribution >= 4 is 10.0 Å². The molecule has 0 saturated carbocycles. The molecule has 18 heavy (non-hydrogen) atoms. The second-order valence-corrected chi connectivity index (χ2v) is 5.56. The number of hydrogen-bond donors (Lipinski definition) is 2. The topological polar surface area (TPSA) is 86.3 Å². The number of nitrogens with zero attached hydrogens (tertiary/aromatic N) is 2. The maximum atomic E-state index is 12.4. The first kappa shape index (κ1) is 14.6. The molecule has 0 unspecified atom stereocenters. The van der Waals surface area contributed by atoms with E-state index in [4.69, 9.17) is 5.11 Å². The number of sulfonamides is 1. The summed E-state index contributed by atoms with van der Waals surface area (Å²) in [4.78, 5) is 0.0219. The Morgan fingerprint density at radius 2 is 1.94 bits per heavy atom. The van der Waals surface area contributed by atoms with E-state index in [0.29, 0.717) is 5.69 Å². The molecule has 0 atom stereocenters. The van der Waals surface area contributed by atoms with E-state index < -0.39 is 16.6 Å². The van der Waals surface area contributed by atoms with Crippen LogP contribution in [0.2, 0.25) is 0 Å². The van der Waals surface area contributed by atoms with E-state index in [9.17, 15) is 8.42 Å². The number of nitrogens with one attached hydrogen (secondary N) is 1. The van der Waals surface area contributed by atoms with E-state index in [1.807, 2.05) is 0 Å². The normalized spacial score (nSPS) is 11.7. The van der Waals surface area contributed by atoms with Gasteiger partial charge in [-0.3, -0.25) is 5.10 Å². The fourth-order valence-corrected chi connectivity index (χ4v) is 3.31. The third kappa shape index (κ3) is 2.69. The summed E-state index contributed by atoms with van der Waals surface area (Å²) < 4.78 is 26.1. The van der Waals surface area contributed by atoms with Gasteiger partial charge in [-0.1, -0.05) is 12.2 Å². The van der Waals surface area contributed by atoms with Crippen molar-refractivity contribution in [2.75, 3.05) is 13.1 Å². The highest BCUT2D eigenvalue weighted by atomic mass is 32.2. The number of aromatic nitrogens is 2. The lowest BCUT2D eigenvalue weighted by atomic mass is 10.4. The minimum Gasteiger partial charge on any atom is -0.390 e. The van der Waals surface area contributed by atoms with Crippen LogP contribution in [0, 0.1) is 6.92 Å². The zero-order chi connectivity index (χ0) is 13.8. The molecule has 0 aliphatic carbocycles. The molecule has 0 radical (unpaired) electrons. The molecule has 1 rings (SSSR count). The predicted octanol–water partition coefficient (Wildman–Crippen LogP) is 0.573. The number of rotatable bonds is 7. The van der Waals surface area contributed by atoms with Crippen molar-refractivity contribution in [1.82, 2.24) is 14.5 Å². The van der Waals surface area contributed by atoms with Gasteiger partial charge in [-0.15, -0.1) is 13.2 Å². The molecule has 100 valence electrons. The van der Waals surface area contributed by atoms with E-state index in [0.717, 1.165) is 0 Å². The zero-order valence-electron chi connectivity index (χ0n) is 10.3. The molecule has 0 aliphatic heterocycles. The van der Waals surface area contributed by atoms with Crippen LogP contribution in [0.4, 0.5) is 0 Å². The number of H-pyrrole nitrogens is 1. The molecule has 0 spiro atoms. The third-order valence-corrected chi connectivity index (χ3v) is 4.41. The van der Waals surface area contributed by atoms with E-state index in [-0.39, 0.29) is 23.7 Å². The molecule has 2 N–H and O–H groups in total. The quantitative estimate of drug-likeness (QED) is 0.710. The van der Waals surface area contributed by atoms with Gasteiger partial charge < -0.3 is 5.11 Å². The van der Waals surface area contributed by atoms with Gasteiger partial charge in [0, 0.05) is 13.1 Å². The molecule has 1 aromatic rings. The van der Waals surface area contributed by atoms with Crippen molar-refractivity contribution in [3.8, 4) is 0 Å². The zero-order valence-corrected chi connectivity index (χ0v) is 11.1. The summed E-state index contributed by atoms with van der Waals surface area (Å²) in [6.07, 6.45) is 2.99. The molecule has 0 aliphatic rings. The largest absolute Gasteiger partial charge is 0.390 e. The van der Waals surface area contributed by atoms with Crippen LogP contribution in [0.15, 0.2) is 30.2 Å². The van der Waals surface area contributed by atoms with Crippen LogP contribution in [-0.4, -0.2) is 41.1 Å². The van der Waals surface area contributed by atoms with Crippen molar-refractivity contribution in [2.45, 2.75) is 18.4 Å². The minimum atomic E-state index is -3.72. The lowest BCUT2D eigenvalue weighted by molar-refractivity contribution is 0.273. The first-order valence-corrected chi connectivity index (χ1v) is 6.79. The maximum absolute atomic E-state index is 12.4. The summed E-state index contributed by atoms with van der Waals surface area (Å²) in [6.45, 7) is 8.56. The van der Waals surface area contributed by atoms with Gasteiger partial charge in [0.15, 0.2) is 0 Å². The minimum absolute atomic E-state index is 0.0219. The van der Waals surface area contributed by atoms with Crippen molar-refractivity contribution < 1.29 is 13.5 Å². The number of aliphatic hydroxyl groups is 1. The average Bonchev–Trinajstić information content (AvgIpc) is 2.70. The molecular weight excluding hydrogens is 254 g/mol. The van der Waals surface area contributed by atoms with E-state index in [1.165, 1.54) is 16.5 Å². The Balaban J connectivity index is 3.29. The molecule has 0 fully saturated rings. The van der Waals surface area contributed by atoms with Crippen molar-refractivity contribution in [3.63, 3.8) is 0 Å². The first-order valence-electron chi connectivity index (χ1n) is 5.35. The number of aryl methyl sites for hydroxylation is 1. The predicted molar refractivity (Wildman–Crippen MR) is 68.4 cm³/mol. The molecule has 0 aromatic carbocycles. The first-order chi connectivity index (χ1) is 8.48. The molecule has 0 saturated heterocycles. The highest BCUT2D eigenvalue weighted by molar-refractivity contribution is 7.89. The van der Waals surface area contributed by atoms with Crippen LogP contribution in [0.3, 0.4) is 0 Å². The summed E-state index contributed by atoms with van der Waals surface area (Å²) in [5.74, 6) is 0. The standard InChI is InChI=1S/C11H17N3O3S/c1-4-6-14(7-5-2)18(16,17)11-9(3)12-13-10(11)8-15/h4-5,15H,1-2,6-8H2,3H3,(H,12,13). The van der Waals surface area contributed by atoms with E-state index in [1.54, 1.807) is 6.92 Å². The lowest BCUT2D eigenvalue weighted by Crippen LogP contribution is -2.32. The molecule has 6 nitrogen and oxygen atoms in total. The highest BCUT2D eigenvalue weighted by Crippen LogP contribution is 2.22. The van der Waals surface area contributed by atoms with Crippen LogP contribution in [0.25, 0.3) is 0 Å². The summed E-state index contributed by atoms with van der Waals surface area (Å²) in [7, 11) is -3.72. The molecule has 1 aromatic heterocycles. The van der Waals surface area contributed by atoms with Crippen LogP contribution in [-0.2, 0) is 16.6 Å². The Labute approximate surface area is 107 Å². The van der Waals surface area contributed by atoms with Gasteiger partial charge in [0.25, 0.3) is 0 Å². The fraction of sp³-hybridized carbons (Fsp3) is 0.364. The van der Waals surface area contributed by atoms with Gasteiger partial charge >= 0.3 is 0 Å². The fourth-order valence-electron chi connectivity index (χ4n) is 1.61. The maximum Gasteiger partial charge on any atom is 0.247 e. The molecular formula is C11H17N3O3S. The Kier molecular flexibility index (Phi) is 4.83. The molecule has 1 heterocycles. The van der Waals surface area contributed by atoms with Gasteiger partial charge in [-0.2, -0.15) is 9.40 Å².